The minimum absolute atomic E-state index is 0.192. The Morgan fingerprint density at radius 2 is 1.85 bits per heavy atom. The number of alkyl halides is 5. The summed E-state index contributed by atoms with van der Waals surface area (Å²) >= 11 is 1.29. The number of nitrogens with zero attached hydrogens (tertiary/aromatic N) is 1. The summed E-state index contributed by atoms with van der Waals surface area (Å²) in [6.07, 6.45) is -6.81. The van der Waals surface area contributed by atoms with Crippen LogP contribution in [-0.4, -0.2) is 66.0 Å². The number of carbonyl (C=O) groups excluding carboxylic acids is 1. The highest BCUT2D eigenvalue weighted by molar-refractivity contribution is 7.99. The fourth-order valence-electron chi connectivity index (χ4n) is 2.31. The van der Waals surface area contributed by atoms with E-state index in [9.17, 15) is 26.7 Å². The molecule has 1 saturated heterocycles. The van der Waals surface area contributed by atoms with Crippen molar-refractivity contribution in [1.29, 1.82) is 0 Å². The predicted molar refractivity (Wildman–Crippen MR) is 89.7 cm³/mol. The highest BCUT2D eigenvalue weighted by atomic mass is 32.2. The van der Waals surface area contributed by atoms with E-state index in [2.05, 4.69) is 0 Å². The number of hydrogen-bond donors (Lipinski definition) is 0. The first-order valence-corrected chi connectivity index (χ1v) is 9.58. The summed E-state index contributed by atoms with van der Waals surface area (Å²) in [5.41, 5.74) is -0.613. The number of rotatable bonds is 7. The van der Waals surface area contributed by atoms with Crippen molar-refractivity contribution in [2.75, 3.05) is 31.3 Å². The van der Waals surface area contributed by atoms with Crippen LogP contribution < -0.4 is 0 Å². The van der Waals surface area contributed by atoms with Crippen molar-refractivity contribution in [3.63, 3.8) is 0 Å². The molecule has 0 aromatic heterocycles. The molecule has 1 heterocycles. The van der Waals surface area contributed by atoms with Crippen LogP contribution in [0.1, 0.15) is 40.0 Å². The van der Waals surface area contributed by atoms with Crippen LogP contribution in [0.2, 0.25) is 0 Å². The van der Waals surface area contributed by atoms with E-state index >= 15 is 0 Å². The van der Waals surface area contributed by atoms with Crippen LogP contribution >= 0.6 is 11.8 Å². The van der Waals surface area contributed by atoms with Gasteiger partial charge in [-0.25, -0.2) is 4.79 Å². The van der Waals surface area contributed by atoms with Crippen LogP contribution in [0.5, 0.6) is 0 Å². The molecule has 0 aromatic carbocycles. The Morgan fingerprint density at radius 1 is 1.19 bits per heavy atom. The first-order chi connectivity index (χ1) is 11.8. The fourth-order valence-corrected chi connectivity index (χ4v) is 3.31. The number of amides is 1. The quantitative estimate of drug-likeness (QED) is 0.452. The number of morpholine rings is 1. The Balaban J connectivity index is 2.33. The number of thioether (sulfide) groups is 1. The first kappa shape index (κ1) is 23.3. The van der Waals surface area contributed by atoms with E-state index in [-0.39, 0.29) is 18.2 Å². The number of carbonyl (C=O) groups is 1. The van der Waals surface area contributed by atoms with E-state index in [0.29, 0.717) is 31.9 Å². The van der Waals surface area contributed by atoms with Crippen molar-refractivity contribution in [3.8, 4) is 0 Å². The predicted octanol–water partition coefficient (Wildman–Crippen LogP) is 4.72. The van der Waals surface area contributed by atoms with Gasteiger partial charge in [-0.1, -0.05) is 0 Å². The van der Waals surface area contributed by atoms with Gasteiger partial charge in [-0.3, -0.25) is 0 Å². The van der Waals surface area contributed by atoms with E-state index in [1.54, 1.807) is 25.7 Å². The lowest BCUT2D eigenvalue weighted by Gasteiger charge is -2.36. The van der Waals surface area contributed by atoms with Gasteiger partial charge in [0.25, 0.3) is 0 Å². The van der Waals surface area contributed by atoms with Gasteiger partial charge in [0.15, 0.2) is 0 Å². The monoisotopic (exact) mass is 407 g/mol. The third kappa shape index (κ3) is 7.85. The van der Waals surface area contributed by atoms with Crippen LogP contribution in [0.3, 0.4) is 0 Å². The van der Waals surface area contributed by atoms with Crippen LogP contribution in [0, 0.1) is 0 Å². The number of ether oxygens (including phenoxy) is 2. The summed E-state index contributed by atoms with van der Waals surface area (Å²) in [7, 11) is 0. The molecule has 0 radical (unpaired) electrons. The highest BCUT2D eigenvalue weighted by Gasteiger charge is 2.56. The summed E-state index contributed by atoms with van der Waals surface area (Å²) in [5, 5.41) is 0. The second kappa shape index (κ2) is 9.43. The molecule has 26 heavy (non-hydrogen) atoms. The van der Waals surface area contributed by atoms with Gasteiger partial charge >= 0.3 is 18.2 Å². The fraction of sp³-hybridized carbons (Fsp3) is 0.938. The maximum absolute atomic E-state index is 12.8. The molecule has 1 unspecified atom stereocenters. The molecule has 4 nitrogen and oxygen atoms in total. The SMILES string of the molecule is CC(C)(C)OC(=O)N1CCOCC1CCSCCCC(F)(F)C(F)(F)F. The van der Waals surface area contributed by atoms with Crippen LogP contribution in [0.25, 0.3) is 0 Å². The first-order valence-electron chi connectivity index (χ1n) is 8.43. The van der Waals surface area contributed by atoms with Gasteiger partial charge in [0.2, 0.25) is 0 Å². The highest BCUT2D eigenvalue weighted by Crippen LogP contribution is 2.39. The van der Waals surface area contributed by atoms with E-state index in [1.807, 2.05) is 0 Å². The van der Waals surface area contributed by atoms with Crippen molar-refractivity contribution in [2.24, 2.45) is 0 Å². The van der Waals surface area contributed by atoms with Gasteiger partial charge < -0.3 is 14.4 Å². The second-order valence-electron chi connectivity index (χ2n) is 7.11. The van der Waals surface area contributed by atoms with Crippen LogP contribution in [0.4, 0.5) is 26.7 Å². The molecule has 1 rings (SSSR count). The van der Waals surface area contributed by atoms with Crippen molar-refractivity contribution in [3.05, 3.63) is 0 Å². The maximum atomic E-state index is 12.8. The molecule has 1 aliphatic rings. The zero-order valence-corrected chi connectivity index (χ0v) is 16.0. The molecule has 154 valence electrons. The van der Waals surface area contributed by atoms with Crippen LogP contribution in [0.15, 0.2) is 0 Å². The normalized spacial score (nSPS) is 19.5. The summed E-state index contributed by atoms with van der Waals surface area (Å²) < 4.78 is 72.5. The van der Waals surface area contributed by atoms with E-state index in [4.69, 9.17) is 9.47 Å². The molecular weight excluding hydrogens is 381 g/mol. The van der Waals surface area contributed by atoms with Crippen molar-refractivity contribution in [2.45, 2.75) is 63.8 Å². The Hall–Kier alpha value is -0.770. The average Bonchev–Trinajstić information content (AvgIpc) is 2.48. The van der Waals surface area contributed by atoms with Crippen molar-refractivity contribution < 1.29 is 36.2 Å². The summed E-state index contributed by atoms with van der Waals surface area (Å²) in [6, 6.07) is -0.192. The Labute approximate surface area is 154 Å². The Bertz CT molecular complexity index is 454. The lowest BCUT2D eigenvalue weighted by Crippen LogP contribution is -2.50. The summed E-state index contributed by atoms with van der Waals surface area (Å²) in [4.78, 5) is 13.8. The molecule has 1 fully saturated rings. The number of hydrogen-bond acceptors (Lipinski definition) is 4. The minimum atomic E-state index is -5.50. The third-order valence-electron chi connectivity index (χ3n) is 3.65. The molecule has 0 aliphatic carbocycles. The Morgan fingerprint density at radius 3 is 2.42 bits per heavy atom. The maximum Gasteiger partial charge on any atom is 0.453 e. The number of halogens is 5. The largest absolute Gasteiger partial charge is 0.453 e. The van der Waals surface area contributed by atoms with Gasteiger partial charge in [-0.05, 0) is 45.1 Å². The lowest BCUT2D eigenvalue weighted by atomic mass is 10.2. The smallest absolute Gasteiger partial charge is 0.444 e. The molecule has 10 heteroatoms. The molecule has 1 aliphatic heterocycles. The van der Waals surface area contributed by atoms with Crippen LogP contribution in [-0.2, 0) is 9.47 Å². The van der Waals surface area contributed by atoms with E-state index < -0.39 is 30.2 Å². The van der Waals surface area contributed by atoms with Gasteiger partial charge in [0, 0.05) is 13.0 Å². The topological polar surface area (TPSA) is 38.8 Å². The molecule has 0 bridgehead atoms. The second-order valence-corrected chi connectivity index (χ2v) is 8.33. The standard InChI is InChI=1S/C16H26F5NO3S/c1-14(2,3)25-13(23)22-7-8-24-11-12(22)5-10-26-9-4-6-15(17,18)16(19,20)21/h12H,4-11H2,1-3H3. The van der Waals surface area contributed by atoms with Gasteiger partial charge in [0.05, 0.1) is 19.3 Å². The molecular formula is C16H26F5NO3S. The summed E-state index contributed by atoms with van der Waals surface area (Å²) in [6.45, 7) is 6.48. The molecule has 0 N–H and O–H groups in total. The van der Waals surface area contributed by atoms with Gasteiger partial charge in [-0.2, -0.15) is 33.7 Å². The third-order valence-corrected chi connectivity index (χ3v) is 4.75. The van der Waals surface area contributed by atoms with E-state index in [0.717, 1.165) is 0 Å². The van der Waals surface area contributed by atoms with Crippen molar-refractivity contribution in [1.82, 2.24) is 4.90 Å². The molecule has 0 saturated carbocycles. The lowest BCUT2D eigenvalue weighted by molar-refractivity contribution is -0.284. The van der Waals surface area contributed by atoms with E-state index in [1.165, 1.54) is 11.8 Å². The molecule has 1 amide bonds. The zero-order valence-electron chi connectivity index (χ0n) is 15.2. The summed E-state index contributed by atoms with van der Waals surface area (Å²) in [5.74, 6) is -3.91. The molecule has 1 atom stereocenters. The zero-order chi connectivity index (χ0) is 20.0. The molecule has 0 aromatic rings. The van der Waals surface area contributed by atoms with Crippen molar-refractivity contribution >= 4 is 17.9 Å². The Kier molecular flexibility index (Phi) is 8.44. The molecule has 0 spiro atoms. The van der Waals surface area contributed by atoms with Gasteiger partial charge in [-0.15, -0.1) is 0 Å². The average molecular weight is 407 g/mol. The van der Waals surface area contributed by atoms with Gasteiger partial charge in [0.1, 0.15) is 5.60 Å². The minimum Gasteiger partial charge on any atom is -0.444 e.